The summed E-state index contributed by atoms with van der Waals surface area (Å²) in [6, 6.07) is 14.5. The standard InChI is InChI=1S/C17H24B2N2O4/c22-18(23)16-8-3-1-6-14(16)12-20-10-5-11-21-13-15-7-2-4-9-17(15)19(24)25/h1-4,6-9,20-25H,5,10-13H2. The lowest BCUT2D eigenvalue weighted by atomic mass is 9.77. The first kappa shape index (κ1) is 19.7. The number of rotatable bonds is 10. The molecule has 0 aliphatic carbocycles. The molecule has 2 rings (SSSR count). The average molecular weight is 342 g/mol. The van der Waals surface area contributed by atoms with Crippen molar-refractivity contribution < 1.29 is 20.1 Å². The van der Waals surface area contributed by atoms with Crippen molar-refractivity contribution in [3.63, 3.8) is 0 Å². The molecule has 0 aromatic heterocycles. The zero-order valence-electron chi connectivity index (χ0n) is 14.1. The number of benzene rings is 2. The highest BCUT2D eigenvalue weighted by molar-refractivity contribution is 6.59. The fourth-order valence-electron chi connectivity index (χ4n) is 2.68. The molecule has 0 aliphatic heterocycles. The van der Waals surface area contributed by atoms with Gasteiger partial charge in [0.05, 0.1) is 0 Å². The van der Waals surface area contributed by atoms with E-state index in [1.54, 1.807) is 24.3 Å². The van der Waals surface area contributed by atoms with Gasteiger partial charge in [0, 0.05) is 13.1 Å². The molecule has 2 aromatic carbocycles. The summed E-state index contributed by atoms with van der Waals surface area (Å²) in [5.74, 6) is 0. The van der Waals surface area contributed by atoms with Gasteiger partial charge in [0.15, 0.2) is 0 Å². The molecule has 25 heavy (non-hydrogen) atoms. The van der Waals surface area contributed by atoms with Crippen LogP contribution in [0.25, 0.3) is 0 Å². The average Bonchev–Trinajstić information content (AvgIpc) is 2.61. The van der Waals surface area contributed by atoms with E-state index < -0.39 is 14.2 Å². The Kier molecular flexibility index (Phi) is 8.14. The fraction of sp³-hybridized carbons (Fsp3) is 0.294. The van der Waals surface area contributed by atoms with Crippen molar-refractivity contribution in [2.75, 3.05) is 13.1 Å². The van der Waals surface area contributed by atoms with Gasteiger partial charge < -0.3 is 30.7 Å². The van der Waals surface area contributed by atoms with Gasteiger partial charge in [0.2, 0.25) is 0 Å². The lowest BCUT2D eigenvalue weighted by molar-refractivity contribution is 0.424. The van der Waals surface area contributed by atoms with Gasteiger partial charge in [-0.25, -0.2) is 0 Å². The highest BCUT2D eigenvalue weighted by Crippen LogP contribution is 1.98. The molecule has 0 atom stereocenters. The predicted molar refractivity (Wildman–Crippen MR) is 101 cm³/mol. The molecule has 6 N–H and O–H groups in total. The molecule has 0 fully saturated rings. The second-order valence-corrected chi connectivity index (χ2v) is 5.85. The monoisotopic (exact) mass is 342 g/mol. The molecular weight excluding hydrogens is 318 g/mol. The van der Waals surface area contributed by atoms with Gasteiger partial charge in [-0.05, 0) is 41.6 Å². The highest BCUT2D eigenvalue weighted by Gasteiger charge is 2.15. The van der Waals surface area contributed by atoms with E-state index in [9.17, 15) is 20.1 Å². The van der Waals surface area contributed by atoms with Gasteiger partial charge in [0.1, 0.15) is 0 Å². The van der Waals surface area contributed by atoms with Crippen LogP contribution in [0, 0.1) is 0 Å². The summed E-state index contributed by atoms with van der Waals surface area (Å²) in [6.45, 7) is 2.72. The molecule has 6 nitrogen and oxygen atoms in total. The SMILES string of the molecule is OB(O)c1ccccc1CNCCCNCc1ccccc1B(O)O. The zero-order valence-corrected chi connectivity index (χ0v) is 14.1. The summed E-state index contributed by atoms with van der Waals surface area (Å²) in [7, 11) is -2.91. The van der Waals surface area contributed by atoms with Crippen LogP contribution in [0.3, 0.4) is 0 Å². The van der Waals surface area contributed by atoms with Gasteiger partial charge >= 0.3 is 14.2 Å². The van der Waals surface area contributed by atoms with Gasteiger partial charge in [-0.1, -0.05) is 48.5 Å². The van der Waals surface area contributed by atoms with Crippen molar-refractivity contribution in [1.29, 1.82) is 0 Å². The lowest BCUT2D eigenvalue weighted by Crippen LogP contribution is -2.35. The van der Waals surface area contributed by atoms with Gasteiger partial charge in [-0.15, -0.1) is 0 Å². The minimum Gasteiger partial charge on any atom is -0.423 e. The van der Waals surface area contributed by atoms with E-state index in [2.05, 4.69) is 10.6 Å². The molecule has 0 spiro atoms. The van der Waals surface area contributed by atoms with Crippen LogP contribution in [-0.4, -0.2) is 47.4 Å². The van der Waals surface area contributed by atoms with E-state index in [-0.39, 0.29) is 0 Å². The van der Waals surface area contributed by atoms with Crippen molar-refractivity contribution >= 4 is 25.2 Å². The smallest absolute Gasteiger partial charge is 0.423 e. The Morgan fingerprint density at radius 2 is 1.04 bits per heavy atom. The molecule has 132 valence electrons. The van der Waals surface area contributed by atoms with Gasteiger partial charge in [0.25, 0.3) is 0 Å². The second kappa shape index (κ2) is 10.4. The van der Waals surface area contributed by atoms with Crippen LogP contribution in [0.5, 0.6) is 0 Å². The Balaban J connectivity index is 1.66. The topological polar surface area (TPSA) is 105 Å². The van der Waals surface area contributed by atoms with Gasteiger partial charge in [-0.3, -0.25) is 0 Å². The van der Waals surface area contributed by atoms with Crippen LogP contribution in [0.2, 0.25) is 0 Å². The zero-order chi connectivity index (χ0) is 18.1. The molecule has 0 saturated carbocycles. The first-order chi connectivity index (χ1) is 12.1. The minimum atomic E-state index is -1.46. The quantitative estimate of drug-likeness (QED) is 0.228. The van der Waals surface area contributed by atoms with Crippen LogP contribution in [0.1, 0.15) is 17.5 Å². The molecule has 0 unspecified atom stereocenters. The minimum absolute atomic E-state index is 0.521. The third kappa shape index (κ3) is 6.28. The van der Waals surface area contributed by atoms with E-state index in [4.69, 9.17) is 0 Å². The van der Waals surface area contributed by atoms with Crippen molar-refractivity contribution in [2.45, 2.75) is 19.5 Å². The van der Waals surface area contributed by atoms with Crippen LogP contribution in [-0.2, 0) is 13.1 Å². The molecule has 2 aromatic rings. The van der Waals surface area contributed by atoms with Crippen LogP contribution >= 0.6 is 0 Å². The molecule has 0 heterocycles. The molecule has 0 amide bonds. The Morgan fingerprint density at radius 3 is 1.44 bits per heavy atom. The van der Waals surface area contributed by atoms with Crippen molar-refractivity contribution in [2.24, 2.45) is 0 Å². The lowest BCUT2D eigenvalue weighted by Gasteiger charge is -2.11. The summed E-state index contributed by atoms with van der Waals surface area (Å²) in [5, 5.41) is 43.9. The van der Waals surface area contributed by atoms with E-state index in [1.807, 2.05) is 24.3 Å². The van der Waals surface area contributed by atoms with Crippen molar-refractivity contribution in [1.82, 2.24) is 10.6 Å². The second-order valence-electron chi connectivity index (χ2n) is 5.85. The Morgan fingerprint density at radius 1 is 0.640 bits per heavy atom. The van der Waals surface area contributed by atoms with E-state index in [0.717, 1.165) is 30.6 Å². The summed E-state index contributed by atoms with van der Waals surface area (Å²) >= 11 is 0. The predicted octanol–water partition coefficient (Wildman–Crippen LogP) is -1.68. The molecule has 0 aliphatic rings. The third-order valence-corrected chi connectivity index (χ3v) is 4.00. The van der Waals surface area contributed by atoms with E-state index in [1.165, 1.54) is 0 Å². The number of hydrogen-bond donors (Lipinski definition) is 6. The summed E-state index contributed by atoms with van der Waals surface area (Å²) in [5.41, 5.74) is 2.78. The normalized spacial score (nSPS) is 10.7. The summed E-state index contributed by atoms with van der Waals surface area (Å²) in [4.78, 5) is 0. The maximum atomic E-state index is 9.33. The summed E-state index contributed by atoms with van der Waals surface area (Å²) < 4.78 is 0. The third-order valence-electron chi connectivity index (χ3n) is 4.00. The Hall–Kier alpha value is -1.67. The Bertz CT molecular complexity index is 601. The van der Waals surface area contributed by atoms with Crippen LogP contribution in [0.15, 0.2) is 48.5 Å². The van der Waals surface area contributed by atoms with Crippen molar-refractivity contribution in [3.8, 4) is 0 Å². The highest BCUT2D eigenvalue weighted by atomic mass is 16.4. The molecule has 0 bridgehead atoms. The molecule has 0 radical (unpaired) electrons. The maximum absolute atomic E-state index is 9.33. The van der Waals surface area contributed by atoms with E-state index in [0.29, 0.717) is 24.0 Å². The number of nitrogens with one attached hydrogen (secondary N) is 2. The van der Waals surface area contributed by atoms with Crippen LogP contribution in [0.4, 0.5) is 0 Å². The van der Waals surface area contributed by atoms with Gasteiger partial charge in [-0.2, -0.15) is 0 Å². The fourth-order valence-corrected chi connectivity index (χ4v) is 2.68. The number of hydrogen-bond acceptors (Lipinski definition) is 6. The van der Waals surface area contributed by atoms with E-state index >= 15 is 0 Å². The van der Waals surface area contributed by atoms with Crippen molar-refractivity contribution in [3.05, 3.63) is 59.7 Å². The maximum Gasteiger partial charge on any atom is 0.488 e. The molecule has 0 saturated heterocycles. The Labute approximate surface area is 148 Å². The molecule has 8 heteroatoms. The van der Waals surface area contributed by atoms with Crippen LogP contribution < -0.4 is 21.6 Å². The summed E-state index contributed by atoms with van der Waals surface area (Å²) in [6.07, 6.45) is 0.897. The molecular formula is C17H24B2N2O4. The largest absolute Gasteiger partial charge is 0.488 e. The first-order valence-electron chi connectivity index (χ1n) is 8.39. The first-order valence-corrected chi connectivity index (χ1v) is 8.39.